The van der Waals surface area contributed by atoms with E-state index in [1.54, 1.807) is 4.90 Å². The Hall–Kier alpha value is -5.77. The molecule has 9 rings (SSSR count). The number of anilines is 1. The van der Waals surface area contributed by atoms with E-state index in [0.29, 0.717) is 49.6 Å². The number of hydrogen-bond acceptors (Lipinski definition) is 10. The van der Waals surface area contributed by atoms with Gasteiger partial charge in [-0.3, -0.25) is 34.2 Å². The number of methoxy groups -OCH3 is 1. The van der Waals surface area contributed by atoms with Gasteiger partial charge >= 0.3 is 5.97 Å². The molecule has 5 aliphatic rings. The number of piperidine rings is 2. The summed E-state index contributed by atoms with van der Waals surface area (Å²) in [7, 11) is 1.33. The molecule has 0 aliphatic carbocycles. The molecule has 6 heterocycles. The Kier molecular flexibility index (Phi) is 15.3. The molecule has 1 unspecified atom stereocenters. The lowest BCUT2D eigenvalue weighted by Gasteiger charge is -2.43. The molecule has 1 aromatic heterocycles. The lowest BCUT2D eigenvalue weighted by molar-refractivity contribution is -0.154. The molecule has 15 nitrogen and oxygen atoms in total. The van der Waals surface area contributed by atoms with E-state index in [0.717, 1.165) is 104 Å². The number of likely N-dealkylation sites (tertiary alicyclic amines) is 1. The van der Waals surface area contributed by atoms with Crippen molar-refractivity contribution >= 4 is 63.7 Å². The number of halogens is 1. The van der Waals surface area contributed by atoms with E-state index in [1.807, 2.05) is 71.6 Å². The molecule has 5 amide bonds. The number of carbonyl (C=O) groups is 6. The minimum atomic E-state index is -0.844. The van der Waals surface area contributed by atoms with Crippen molar-refractivity contribution in [1.82, 2.24) is 34.8 Å². The fraction of sp³-hybridized carbons (Fsp3) is 0.509. The number of nitrogens with zero attached hydrogens (tertiary/aromatic N) is 5. The third-order valence-electron chi connectivity index (χ3n) is 15.2. The van der Waals surface area contributed by atoms with Gasteiger partial charge in [0.15, 0.2) is 0 Å². The number of aromatic nitrogens is 1. The fourth-order valence-corrected chi connectivity index (χ4v) is 11.6. The van der Waals surface area contributed by atoms with Crippen LogP contribution in [0.15, 0.2) is 66.7 Å². The van der Waals surface area contributed by atoms with Crippen molar-refractivity contribution in [3.63, 3.8) is 0 Å². The summed E-state index contributed by atoms with van der Waals surface area (Å²) < 4.78 is 5.18. The molecule has 0 bridgehead atoms. The number of carbonyl (C=O) groups excluding carboxylic acids is 6. The first-order valence-electron chi connectivity index (χ1n) is 25.0. The number of para-hydroxylation sites is 1. The second kappa shape index (κ2) is 21.9. The Morgan fingerprint density at radius 3 is 2.25 bits per heavy atom. The van der Waals surface area contributed by atoms with Crippen LogP contribution in [0.25, 0.3) is 10.9 Å². The standard InChI is InChI=1S/C53H65ClN8O7/c1-69-53(68)45-32-40-38-12-7-8-14-43(38)56-48(40)49(62(45)47(64)33-54)35-16-18-36(19-17-35)51(66)60-26-22-37(23-27-60)59-30-28-58(29-31-59)25-10-6-4-2-3-5-9-24-55-42-15-11-13-39-41(42)34-61(52(39)67)44-20-21-46(63)57-50(44)65/h7-8,11-19,37,44-45,49,55-56H,2-6,9-10,20-34H2,1H3,(H,57,63,65)/t44?,45-,49+/m1/s1. The number of piperazine rings is 1. The number of benzene rings is 3. The Bertz CT molecular complexity index is 2530. The summed E-state index contributed by atoms with van der Waals surface area (Å²) >= 11 is 6.14. The summed E-state index contributed by atoms with van der Waals surface area (Å²) in [5, 5.41) is 6.91. The monoisotopic (exact) mass is 960 g/mol. The van der Waals surface area contributed by atoms with Crippen molar-refractivity contribution in [3.8, 4) is 0 Å². The Balaban J connectivity index is 0.662. The molecule has 0 saturated carbocycles. The molecule has 3 fully saturated rings. The van der Waals surface area contributed by atoms with E-state index in [4.69, 9.17) is 16.3 Å². The van der Waals surface area contributed by atoms with Crippen LogP contribution in [0.4, 0.5) is 5.69 Å². The minimum absolute atomic E-state index is 0.00573. The van der Waals surface area contributed by atoms with E-state index < -0.39 is 24.1 Å². The maximum Gasteiger partial charge on any atom is 0.328 e. The van der Waals surface area contributed by atoms with Crippen LogP contribution in [0, 0.1) is 0 Å². The fourth-order valence-electron chi connectivity index (χ4n) is 11.4. The molecule has 16 heteroatoms. The first kappa shape index (κ1) is 48.3. The Morgan fingerprint density at radius 1 is 0.797 bits per heavy atom. The number of esters is 1. The van der Waals surface area contributed by atoms with Crippen LogP contribution in [0.1, 0.15) is 120 Å². The average Bonchev–Trinajstić information content (AvgIpc) is 3.93. The van der Waals surface area contributed by atoms with Gasteiger partial charge in [-0.2, -0.15) is 0 Å². The van der Waals surface area contributed by atoms with Crippen molar-refractivity contribution in [3.05, 3.63) is 100 Å². The zero-order valence-electron chi connectivity index (χ0n) is 39.7. The van der Waals surface area contributed by atoms with Crippen molar-refractivity contribution in [1.29, 1.82) is 0 Å². The molecule has 5 aliphatic heterocycles. The van der Waals surface area contributed by atoms with Gasteiger partial charge in [0.2, 0.25) is 17.7 Å². The van der Waals surface area contributed by atoms with Gasteiger partial charge in [-0.05, 0) is 80.1 Å². The largest absolute Gasteiger partial charge is 0.467 e. The van der Waals surface area contributed by atoms with E-state index in [9.17, 15) is 28.8 Å². The molecule has 3 N–H and O–H groups in total. The average molecular weight is 962 g/mol. The van der Waals surface area contributed by atoms with Crippen LogP contribution < -0.4 is 10.6 Å². The second-order valence-corrected chi connectivity index (χ2v) is 19.6. The van der Waals surface area contributed by atoms with E-state index in [-0.39, 0.29) is 41.8 Å². The van der Waals surface area contributed by atoms with Gasteiger partial charge in [-0.1, -0.05) is 68.5 Å². The number of amides is 5. The smallest absolute Gasteiger partial charge is 0.328 e. The SMILES string of the molecule is COC(=O)[C@H]1Cc2c([nH]c3ccccc23)[C@H](c2ccc(C(=O)N3CCC(N4CCN(CCCCCCCCCNc5cccc6c5CN(C5CCC(=O)NC5=O)C6=O)CC4)CC3)cc2)N1C(=O)CCl. The highest BCUT2D eigenvalue weighted by atomic mass is 35.5. The number of alkyl halides is 1. The van der Waals surface area contributed by atoms with E-state index in [2.05, 4.69) is 25.4 Å². The number of aromatic amines is 1. The van der Waals surface area contributed by atoms with Gasteiger partial charge in [-0.15, -0.1) is 11.6 Å². The molecular formula is C53H65ClN8O7. The molecule has 3 aromatic carbocycles. The predicted octanol–water partition coefficient (Wildman–Crippen LogP) is 6.25. The number of imide groups is 1. The summed E-state index contributed by atoms with van der Waals surface area (Å²) in [5.74, 6) is -1.95. The molecule has 4 aromatic rings. The first-order valence-corrected chi connectivity index (χ1v) is 25.6. The van der Waals surface area contributed by atoms with Crippen molar-refractivity contribution < 1.29 is 33.5 Å². The number of nitrogens with one attached hydrogen (secondary N) is 3. The molecule has 69 heavy (non-hydrogen) atoms. The lowest BCUT2D eigenvalue weighted by atomic mass is 9.87. The number of rotatable bonds is 17. The third-order valence-corrected chi connectivity index (χ3v) is 15.4. The topological polar surface area (TPSA) is 168 Å². The summed E-state index contributed by atoms with van der Waals surface area (Å²) in [6.07, 6.45) is 11.2. The molecular weight excluding hydrogens is 896 g/mol. The molecule has 0 radical (unpaired) electrons. The predicted molar refractivity (Wildman–Crippen MR) is 264 cm³/mol. The van der Waals surface area contributed by atoms with Gasteiger partial charge in [0.1, 0.15) is 18.0 Å². The number of H-pyrrole nitrogens is 1. The summed E-state index contributed by atoms with van der Waals surface area (Å²) in [5.41, 5.74) is 6.62. The van der Waals surface area contributed by atoms with Crippen LogP contribution >= 0.6 is 11.6 Å². The summed E-state index contributed by atoms with van der Waals surface area (Å²) in [6.45, 7) is 8.08. The van der Waals surface area contributed by atoms with Crippen LogP contribution in [0.2, 0.25) is 0 Å². The number of hydrogen-bond donors (Lipinski definition) is 3. The Labute approximate surface area is 409 Å². The zero-order valence-corrected chi connectivity index (χ0v) is 40.4. The maximum atomic E-state index is 13.8. The highest BCUT2D eigenvalue weighted by Crippen LogP contribution is 2.42. The van der Waals surface area contributed by atoms with Gasteiger partial charge in [0.05, 0.1) is 13.2 Å². The molecule has 3 saturated heterocycles. The number of unbranched alkanes of at least 4 members (excludes halogenated alkanes) is 6. The van der Waals surface area contributed by atoms with Crippen molar-refractivity contribution in [2.45, 2.75) is 108 Å². The highest BCUT2D eigenvalue weighted by molar-refractivity contribution is 6.27. The number of fused-ring (bicyclic) bond motifs is 4. The number of ether oxygens (including phenoxy) is 1. The van der Waals surface area contributed by atoms with Crippen LogP contribution in [-0.2, 0) is 36.9 Å². The highest BCUT2D eigenvalue weighted by Gasteiger charge is 2.44. The van der Waals surface area contributed by atoms with Crippen LogP contribution in [0.3, 0.4) is 0 Å². The van der Waals surface area contributed by atoms with Gasteiger partial charge in [0, 0.05) is 110 Å². The van der Waals surface area contributed by atoms with E-state index in [1.165, 1.54) is 44.1 Å². The van der Waals surface area contributed by atoms with Crippen LogP contribution in [0.5, 0.6) is 0 Å². The normalized spacial score (nSPS) is 21.3. The molecule has 366 valence electrons. The molecule has 3 atom stereocenters. The quantitative estimate of drug-likeness (QED) is 0.0477. The Morgan fingerprint density at radius 2 is 1.52 bits per heavy atom. The summed E-state index contributed by atoms with van der Waals surface area (Å²) in [4.78, 5) is 91.5. The maximum absolute atomic E-state index is 13.8. The second-order valence-electron chi connectivity index (χ2n) is 19.3. The molecule has 0 spiro atoms. The van der Waals surface area contributed by atoms with E-state index >= 15 is 0 Å². The van der Waals surface area contributed by atoms with Crippen molar-refractivity contribution in [2.75, 3.05) is 70.7 Å². The third kappa shape index (κ3) is 10.4. The lowest BCUT2D eigenvalue weighted by Crippen LogP contribution is -2.53. The zero-order chi connectivity index (χ0) is 48.0. The van der Waals surface area contributed by atoms with Crippen molar-refractivity contribution in [2.24, 2.45) is 0 Å². The van der Waals surface area contributed by atoms with Gasteiger partial charge in [-0.25, -0.2) is 4.79 Å². The first-order chi connectivity index (χ1) is 33.6. The van der Waals surface area contributed by atoms with Gasteiger partial charge < -0.3 is 34.6 Å². The van der Waals surface area contributed by atoms with Gasteiger partial charge in [0.25, 0.3) is 11.8 Å². The van der Waals surface area contributed by atoms with Crippen LogP contribution in [-0.4, -0.2) is 148 Å². The minimum Gasteiger partial charge on any atom is -0.467 e. The summed E-state index contributed by atoms with van der Waals surface area (Å²) in [6, 6.07) is 19.5.